The second kappa shape index (κ2) is 10.4. The Morgan fingerprint density at radius 3 is 2.33 bits per heavy atom. The van der Waals surface area contributed by atoms with Crippen LogP contribution in [0.5, 0.6) is 5.75 Å². The SMILES string of the molecule is COc1ccc(NC(=NC[C@@H]2CCCO2)NC(=O)c2ccc(NC(C)=O)cc2)cc1. The average Bonchev–Trinajstić information content (AvgIpc) is 3.26. The number of carbonyl (C=O) groups excluding carboxylic acids is 2. The first-order valence-electron chi connectivity index (χ1n) is 9.79. The molecular weight excluding hydrogens is 384 g/mol. The van der Waals surface area contributed by atoms with Gasteiger partial charge in [-0.3, -0.25) is 14.9 Å². The minimum atomic E-state index is -0.309. The Kier molecular flexibility index (Phi) is 7.40. The molecule has 8 nitrogen and oxygen atoms in total. The summed E-state index contributed by atoms with van der Waals surface area (Å²) in [4.78, 5) is 28.4. The summed E-state index contributed by atoms with van der Waals surface area (Å²) in [6.45, 7) is 2.64. The van der Waals surface area contributed by atoms with Crippen LogP contribution in [0.4, 0.5) is 11.4 Å². The highest BCUT2D eigenvalue weighted by Gasteiger charge is 2.16. The molecule has 158 valence electrons. The molecule has 0 unspecified atom stereocenters. The lowest BCUT2D eigenvalue weighted by Gasteiger charge is -2.14. The average molecular weight is 410 g/mol. The molecule has 1 saturated heterocycles. The molecule has 2 amide bonds. The Hall–Kier alpha value is -3.39. The summed E-state index contributed by atoms with van der Waals surface area (Å²) in [5.74, 6) is 0.601. The van der Waals surface area contributed by atoms with Crippen molar-refractivity contribution in [2.75, 3.05) is 30.9 Å². The maximum absolute atomic E-state index is 12.7. The summed E-state index contributed by atoms with van der Waals surface area (Å²) < 4.78 is 10.8. The lowest BCUT2D eigenvalue weighted by atomic mass is 10.2. The van der Waals surface area contributed by atoms with Crippen LogP contribution in [0.2, 0.25) is 0 Å². The Balaban J connectivity index is 1.70. The van der Waals surface area contributed by atoms with E-state index >= 15 is 0 Å². The van der Waals surface area contributed by atoms with Gasteiger partial charge in [-0.25, -0.2) is 4.99 Å². The van der Waals surface area contributed by atoms with E-state index in [1.54, 1.807) is 31.4 Å². The third kappa shape index (κ3) is 6.31. The number of methoxy groups -OCH3 is 1. The minimum Gasteiger partial charge on any atom is -0.497 e. The van der Waals surface area contributed by atoms with Crippen LogP contribution >= 0.6 is 0 Å². The van der Waals surface area contributed by atoms with Gasteiger partial charge in [0.25, 0.3) is 5.91 Å². The molecule has 2 aromatic carbocycles. The lowest BCUT2D eigenvalue weighted by Crippen LogP contribution is -2.36. The molecule has 1 atom stereocenters. The second-order valence-electron chi connectivity index (χ2n) is 6.89. The molecular formula is C22H26N4O4. The van der Waals surface area contributed by atoms with Gasteiger partial charge in [0.2, 0.25) is 11.9 Å². The summed E-state index contributed by atoms with van der Waals surface area (Å²) in [5, 5.41) is 8.64. The number of carbonyl (C=O) groups is 2. The van der Waals surface area contributed by atoms with Crippen molar-refractivity contribution in [3.63, 3.8) is 0 Å². The summed E-state index contributed by atoms with van der Waals surface area (Å²) in [6, 6.07) is 14.0. The number of ether oxygens (including phenoxy) is 2. The zero-order chi connectivity index (χ0) is 21.3. The van der Waals surface area contributed by atoms with Gasteiger partial charge in [-0.15, -0.1) is 0 Å². The predicted octanol–water partition coefficient (Wildman–Crippen LogP) is 3.03. The van der Waals surface area contributed by atoms with E-state index < -0.39 is 0 Å². The monoisotopic (exact) mass is 410 g/mol. The van der Waals surface area contributed by atoms with Crippen LogP contribution in [0, 0.1) is 0 Å². The van der Waals surface area contributed by atoms with E-state index in [2.05, 4.69) is 20.9 Å². The highest BCUT2D eigenvalue weighted by molar-refractivity contribution is 6.10. The lowest BCUT2D eigenvalue weighted by molar-refractivity contribution is -0.114. The number of anilines is 2. The maximum Gasteiger partial charge on any atom is 0.257 e. The van der Waals surface area contributed by atoms with E-state index in [0.717, 1.165) is 30.9 Å². The highest BCUT2D eigenvalue weighted by Crippen LogP contribution is 2.16. The van der Waals surface area contributed by atoms with Gasteiger partial charge in [-0.05, 0) is 61.4 Å². The van der Waals surface area contributed by atoms with Gasteiger partial charge in [0, 0.05) is 30.5 Å². The van der Waals surface area contributed by atoms with Crippen LogP contribution in [-0.4, -0.2) is 44.1 Å². The molecule has 0 radical (unpaired) electrons. The number of guanidine groups is 1. The van der Waals surface area contributed by atoms with Crippen molar-refractivity contribution in [3.05, 3.63) is 54.1 Å². The van der Waals surface area contributed by atoms with Gasteiger partial charge in [0.05, 0.1) is 19.8 Å². The highest BCUT2D eigenvalue weighted by atomic mass is 16.5. The van der Waals surface area contributed by atoms with Crippen LogP contribution in [-0.2, 0) is 9.53 Å². The summed E-state index contributed by atoms with van der Waals surface area (Å²) in [6.07, 6.45) is 2.04. The Morgan fingerprint density at radius 2 is 1.73 bits per heavy atom. The third-order valence-electron chi connectivity index (χ3n) is 4.53. The summed E-state index contributed by atoms with van der Waals surface area (Å²) >= 11 is 0. The van der Waals surface area contributed by atoms with Gasteiger partial charge in [0.1, 0.15) is 5.75 Å². The number of hydrogen-bond acceptors (Lipinski definition) is 5. The van der Waals surface area contributed by atoms with Crippen LogP contribution in [0.15, 0.2) is 53.5 Å². The standard InChI is InChI=1S/C22H26N4O4/c1-15(27)24-17-7-5-16(6-8-17)21(28)26-22(23-14-20-4-3-13-30-20)25-18-9-11-19(29-2)12-10-18/h5-12,20H,3-4,13-14H2,1-2H3,(H,24,27)(H2,23,25,26,28)/t20-/m0/s1. The first-order chi connectivity index (χ1) is 14.5. The quantitative estimate of drug-likeness (QED) is 0.502. The molecule has 1 fully saturated rings. The number of nitrogens with zero attached hydrogens (tertiary/aromatic N) is 1. The molecule has 3 N–H and O–H groups in total. The third-order valence-corrected chi connectivity index (χ3v) is 4.53. The van der Waals surface area contributed by atoms with E-state index in [0.29, 0.717) is 23.8 Å². The van der Waals surface area contributed by atoms with Gasteiger partial charge in [-0.2, -0.15) is 0 Å². The first-order valence-corrected chi connectivity index (χ1v) is 9.79. The van der Waals surface area contributed by atoms with Crippen molar-refractivity contribution in [2.24, 2.45) is 4.99 Å². The Bertz CT molecular complexity index is 888. The van der Waals surface area contributed by atoms with E-state index in [-0.39, 0.29) is 17.9 Å². The summed E-state index contributed by atoms with van der Waals surface area (Å²) in [7, 11) is 1.61. The number of amides is 2. The predicted molar refractivity (Wildman–Crippen MR) is 116 cm³/mol. The van der Waals surface area contributed by atoms with Gasteiger partial charge in [0.15, 0.2) is 0 Å². The van der Waals surface area contributed by atoms with Crippen molar-refractivity contribution in [1.29, 1.82) is 0 Å². The van der Waals surface area contributed by atoms with Crippen LogP contribution in [0.25, 0.3) is 0 Å². The van der Waals surface area contributed by atoms with E-state index in [4.69, 9.17) is 9.47 Å². The molecule has 3 rings (SSSR count). The molecule has 2 aromatic rings. The van der Waals surface area contributed by atoms with Gasteiger partial charge >= 0.3 is 0 Å². The number of rotatable bonds is 6. The van der Waals surface area contributed by atoms with Crippen molar-refractivity contribution < 1.29 is 19.1 Å². The molecule has 8 heteroatoms. The van der Waals surface area contributed by atoms with Crippen molar-refractivity contribution >= 4 is 29.1 Å². The normalized spacial score (nSPS) is 16.1. The number of nitrogens with one attached hydrogen (secondary N) is 3. The molecule has 1 aliphatic heterocycles. The molecule has 0 bridgehead atoms. The first kappa shape index (κ1) is 21.3. The molecule has 1 aliphatic rings. The molecule has 1 heterocycles. The largest absolute Gasteiger partial charge is 0.497 e. The van der Waals surface area contributed by atoms with Crippen molar-refractivity contribution in [3.8, 4) is 5.75 Å². The van der Waals surface area contributed by atoms with Gasteiger partial charge < -0.3 is 20.1 Å². The van der Waals surface area contributed by atoms with E-state index in [1.807, 2.05) is 24.3 Å². The minimum absolute atomic E-state index is 0.0616. The van der Waals surface area contributed by atoms with E-state index in [1.165, 1.54) is 6.92 Å². The van der Waals surface area contributed by atoms with Crippen molar-refractivity contribution in [2.45, 2.75) is 25.9 Å². The fourth-order valence-electron chi connectivity index (χ4n) is 2.99. The smallest absolute Gasteiger partial charge is 0.257 e. The fourth-order valence-corrected chi connectivity index (χ4v) is 2.99. The second-order valence-corrected chi connectivity index (χ2v) is 6.89. The topological polar surface area (TPSA) is 101 Å². The van der Waals surface area contributed by atoms with E-state index in [9.17, 15) is 9.59 Å². The molecule has 0 aliphatic carbocycles. The Morgan fingerprint density at radius 1 is 1.07 bits per heavy atom. The number of hydrogen-bond donors (Lipinski definition) is 3. The fraction of sp³-hybridized carbons (Fsp3) is 0.318. The molecule has 30 heavy (non-hydrogen) atoms. The number of aliphatic imine (C=N–C) groups is 1. The van der Waals surface area contributed by atoms with Crippen molar-refractivity contribution in [1.82, 2.24) is 5.32 Å². The summed E-state index contributed by atoms with van der Waals surface area (Å²) in [5.41, 5.74) is 1.84. The zero-order valence-corrected chi connectivity index (χ0v) is 17.1. The number of benzene rings is 2. The maximum atomic E-state index is 12.7. The van der Waals surface area contributed by atoms with Crippen LogP contribution in [0.1, 0.15) is 30.1 Å². The molecule has 0 aromatic heterocycles. The van der Waals surface area contributed by atoms with Crippen LogP contribution in [0.3, 0.4) is 0 Å². The zero-order valence-electron chi connectivity index (χ0n) is 17.1. The van der Waals surface area contributed by atoms with Gasteiger partial charge in [-0.1, -0.05) is 0 Å². The molecule has 0 saturated carbocycles. The van der Waals surface area contributed by atoms with Crippen LogP contribution < -0.4 is 20.7 Å². The molecule has 0 spiro atoms. The Labute approximate surface area is 175 Å².